The van der Waals surface area contributed by atoms with E-state index in [2.05, 4.69) is 48.1 Å². The molecular formula is C71H123BrN6O24. The van der Waals surface area contributed by atoms with Gasteiger partial charge in [0.15, 0.2) is 18.9 Å². The molecule has 0 aliphatic carbocycles. The third kappa shape index (κ3) is 42.0. The molecule has 2 amide bonds. The number of hydrogen-bond acceptors (Lipinski definition) is 26. The molecule has 2 fully saturated rings. The van der Waals surface area contributed by atoms with Crippen LogP contribution in [-0.2, 0) is 73.1 Å². The van der Waals surface area contributed by atoms with Crippen LogP contribution in [0.15, 0.2) is 67.8 Å². The number of aromatic hydroxyl groups is 1. The van der Waals surface area contributed by atoms with Crippen molar-refractivity contribution >= 4 is 34.8 Å². The van der Waals surface area contributed by atoms with Gasteiger partial charge >= 0.3 is 11.9 Å². The van der Waals surface area contributed by atoms with Gasteiger partial charge in [-0.1, -0.05) is 46.1 Å². The molecule has 102 heavy (non-hydrogen) atoms. The molecule has 14 unspecified atom stereocenters. The summed E-state index contributed by atoms with van der Waals surface area (Å²) in [5, 5.41) is 111. The van der Waals surface area contributed by atoms with E-state index < -0.39 is 67.2 Å². The van der Waals surface area contributed by atoms with Crippen LogP contribution in [-0.4, -0.2) is 274 Å². The van der Waals surface area contributed by atoms with Gasteiger partial charge in [0.25, 0.3) is 0 Å². The molecule has 0 spiro atoms. The Morgan fingerprint density at radius 2 is 1.03 bits per heavy atom. The zero-order chi connectivity index (χ0) is 76.4. The number of nitrogens with zero attached hydrogens (tertiary/aromatic N) is 4. The smallest absolute Gasteiger partial charge is 0.302 e. The van der Waals surface area contributed by atoms with E-state index in [0.717, 1.165) is 30.3 Å². The molecule has 3 heterocycles. The maximum Gasteiger partial charge on any atom is 0.302 e. The van der Waals surface area contributed by atoms with E-state index >= 15 is 0 Å². The van der Waals surface area contributed by atoms with Crippen LogP contribution in [0.1, 0.15) is 150 Å². The highest BCUT2D eigenvalue weighted by molar-refractivity contribution is 5.87. The number of esters is 2. The number of carbonyl (C=O) groups is 4. The molecule has 2 aliphatic rings. The predicted octanol–water partition coefficient (Wildman–Crippen LogP) is 1.04. The first-order chi connectivity index (χ1) is 47.8. The van der Waals surface area contributed by atoms with Crippen LogP contribution < -0.4 is 27.6 Å². The van der Waals surface area contributed by atoms with Crippen LogP contribution in [0.2, 0.25) is 0 Å². The molecule has 588 valence electrons. The minimum Gasteiger partial charge on any atom is -1.00 e. The minimum atomic E-state index is -0.985. The monoisotopic (exact) mass is 1520 g/mol. The van der Waals surface area contributed by atoms with Crippen LogP contribution in [0.5, 0.6) is 5.75 Å². The number of aliphatic hydroxyl groups excluding tert-OH is 9. The third-order valence-electron chi connectivity index (χ3n) is 16.0. The molecule has 2 aromatic carbocycles. The van der Waals surface area contributed by atoms with Gasteiger partial charge in [-0.2, -0.15) is 0 Å². The number of phenols is 1. The van der Waals surface area contributed by atoms with E-state index in [1.165, 1.54) is 51.9 Å². The Morgan fingerprint density at radius 3 is 1.46 bits per heavy atom. The molecular weight excluding hydrogens is 1400 g/mol. The number of aliphatic hydroxyl groups is 9. The molecule has 5 rings (SSSR count). The Balaban J connectivity index is 0.00000139. The molecule has 1 aromatic heterocycles. The van der Waals surface area contributed by atoms with Crippen LogP contribution in [0.4, 0.5) is 0 Å². The number of phenolic OH excluding ortho intramolecular Hbond substituents is 1. The van der Waals surface area contributed by atoms with Crippen molar-refractivity contribution in [1.29, 1.82) is 0 Å². The number of carbonyl (C=O) groups excluding carboxylic acids is 4. The van der Waals surface area contributed by atoms with Crippen LogP contribution in [0.25, 0.3) is 16.7 Å². The first kappa shape index (κ1) is 96.8. The largest absolute Gasteiger partial charge is 1.00 e. The summed E-state index contributed by atoms with van der Waals surface area (Å²) in [4.78, 5) is 46.1. The number of nitrogens with one attached hydrogen (secondary N) is 2. The van der Waals surface area contributed by atoms with Crippen molar-refractivity contribution in [2.45, 2.75) is 262 Å². The van der Waals surface area contributed by atoms with E-state index in [0.29, 0.717) is 81.0 Å². The summed E-state index contributed by atoms with van der Waals surface area (Å²) in [5.41, 5.74) is 3.21. The fourth-order valence-corrected chi connectivity index (χ4v) is 11.3. The van der Waals surface area contributed by atoms with Crippen molar-refractivity contribution in [3.05, 3.63) is 73.3 Å². The van der Waals surface area contributed by atoms with E-state index in [1.807, 2.05) is 57.2 Å². The maximum atomic E-state index is 11.6. The SMILES string of the molecule is C=CC(=O)NCC(OC)OC.C=CC(=O)NCC1OC(CC(O)CC2CC(C[C@@H](C)O)OC(CC)O2)CC(CC(CC)OC(C)=O)O1.CCC(CC(O)CC(O)CC(O)CC(O)CC(O)C[C@@H](C)O)OC(C)=O.CO.COC(C[N+](C)(C)Cc1ccc(O)c(-n2nc3ccccc3n2)c1)OC.[Br-]. The lowest BCUT2D eigenvalue weighted by Gasteiger charge is -2.39. The average molecular weight is 1520 g/mol. The van der Waals surface area contributed by atoms with Gasteiger partial charge in [0.2, 0.25) is 18.1 Å². The number of fused-ring (bicyclic) bond motifs is 1. The summed E-state index contributed by atoms with van der Waals surface area (Å²) in [6, 6.07) is 13.1. The Hall–Kier alpha value is -5.24. The lowest BCUT2D eigenvalue weighted by atomic mass is 9.95. The standard InChI is InChI=1S/C26H45NO9.C19H24N4O3.C18H36O8.C7H13NO3.CH4O.BrH/c1-6-19(32-17(5)29)12-23-14-22(35-26(36-23)15-27-24(31)7-2)11-18(30)10-21-13-20(9-16(4)28)33-25(8-3)34-21;1-23(2,13-19(25-3)26-4)12-14-9-10-18(24)17(11-14)22-20-15-7-5-6-8-16(15)21-22;1-4-18(26-12(3)20)10-17(25)9-16(24)8-15(23)7-14(22)6-13(21)5-11(2)19;1-4-6(9)8-5-7(10-2)11-3;1-2;/h7,16,18-23,25-26,28,30H,2,6,8-15H2,1,3-5H3,(H,27,31);5-11,19H,12-13H2,1-4H3;11,13-19,21-25H,4-10H2,1-3H3;4,7H,1,5H2,2-3H3,(H,8,9);2H,1H3;1H/t16-,18?,19?,20?,21?,22?,23?,25?,26?;;11-,13?,14?,15?,16?,17?,18?;;;/m1.1.../s1. The highest BCUT2D eigenvalue weighted by Gasteiger charge is 2.36. The number of methoxy groups -OCH3 is 4. The van der Waals surface area contributed by atoms with Crippen LogP contribution >= 0.6 is 0 Å². The molecule has 16 atom stereocenters. The maximum absolute atomic E-state index is 11.6. The van der Waals surface area contributed by atoms with E-state index in [-0.39, 0.29) is 135 Å². The average Bonchev–Trinajstić information content (AvgIpc) is 1.63. The molecule has 0 bridgehead atoms. The van der Waals surface area contributed by atoms with Gasteiger partial charge in [-0.3, -0.25) is 19.2 Å². The third-order valence-corrected chi connectivity index (χ3v) is 16.0. The summed E-state index contributed by atoms with van der Waals surface area (Å²) >= 11 is 0. The van der Waals surface area contributed by atoms with Crippen molar-refractivity contribution in [3.63, 3.8) is 0 Å². The van der Waals surface area contributed by atoms with E-state index in [9.17, 15) is 65.1 Å². The van der Waals surface area contributed by atoms with E-state index in [4.69, 9.17) is 52.5 Å². The highest BCUT2D eigenvalue weighted by Crippen LogP contribution is 2.31. The van der Waals surface area contributed by atoms with Gasteiger partial charge in [0.1, 0.15) is 47.8 Å². The molecule has 30 nitrogen and oxygen atoms in total. The summed E-state index contributed by atoms with van der Waals surface area (Å²) in [6.45, 7) is 20.4. The number of aromatic nitrogens is 3. The zero-order valence-corrected chi connectivity index (χ0v) is 63.9. The molecule has 0 saturated carbocycles. The molecule has 12 N–H and O–H groups in total. The molecule has 0 radical (unpaired) electrons. The zero-order valence-electron chi connectivity index (χ0n) is 62.3. The van der Waals surface area contributed by atoms with Crippen molar-refractivity contribution in [1.82, 2.24) is 25.6 Å². The second-order valence-electron chi connectivity index (χ2n) is 25.8. The summed E-state index contributed by atoms with van der Waals surface area (Å²) in [7, 11) is 11.5. The van der Waals surface area contributed by atoms with Gasteiger partial charge in [-0.25, -0.2) is 0 Å². The minimum absolute atomic E-state index is 0. The number of rotatable bonds is 40. The van der Waals surface area contributed by atoms with Gasteiger partial charge in [-0.15, -0.1) is 15.0 Å². The molecule has 2 aliphatic heterocycles. The van der Waals surface area contributed by atoms with Gasteiger partial charge in [0, 0.05) is 80.6 Å². The van der Waals surface area contributed by atoms with Crippen molar-refractivity contribution in [2.24, 2.45) is 0 Å². The highest BCUT2D eigenvalue weighted by atomic mass is 79.9. The lowest BCUT2D eigenvalue weighted by Crippen LogP contribution is -3.00. The van der Waals surface area contributed by atoms with Gasteiger partial charge in [-0.05, 0) is 127 Å². The fourth-order valence-electron chi connectivity index (χ4n) is 11.3. The van der Waals surface area contributed by atoms with Gasteiger partial charge < -0.3 is 131 Å². The van der Waals surface area contributed by atoms with Gasteiger partial charge in [0.05, 0.1) is 100 Å². The number of hydrogen-bond donors (Lipinski definition) is 12. The van der Waals surface area contributed by atoms with Crippen molar-refractivity contribution in [3.8, 4) is 11.4 Å². The normalized spacial score (nSPS) is 20.3. The Labute approximate surface area is 612 Å². The quantitative estimate of drug-likeness (QED) is 0.0164. The Bertz CT molecular complexity index is 2730. The first-order valence-electron chi connectivity index (χ1n) is 34.5. The second kappa shape index (κ2) is 53.5. The number of amides is 2. The number of quaternary nitrogens is 1. The van der Waals surface area contributed by atoms with Crippen LogP contribution in [0, 0.1) is 0 Å². The number of likely N-dealkylation sites (N-methyl/N-ethyl adjacent to an activating group) is 1. The number of benzene rings is 2. The molecule has 2 saturated heterocycles. The molecule has 31 heteroatoms. The summed E-state index contributed by atoms with van der Waals surface area (Å²) in [5.74, 6) is -1.19. The number of ether oxygens (including phenoxy) is 10. The fraction of sp³-hybridized carbons (Fsp3) is 0.718. The number of halogens is 1. The van der Waals surface area contributed by atoms with E-state index in [1.54, 1.807) is 27.2 Å². The van der Waals surface area contributed by atoms with Crippen LogP contribution in [0.3, 0.4) is 0 Å². The van der Waals surface area contributed by atoms with Crippen molar-refractivity contribution < 1.29 is 139 Å². The predicted molar refractivity (Wildman–Crippen MR) is 375 cm³/mol. The molecule has 3 aromatic rings. The Morgan fingerprint density at radius 1 is 0.598 bits per heavy atom. The topological polar surface area (TPSA) is 418 Å². The summed E-state index contributed by atoms with van der Waals surface area (Å²) in [6.07, 6.45) is -2.19. The second-order valence-corrected chi connectivity index (χ2v) is 25.8. The Kier molecular flexibility index (Phi) is 50.8. The van der Waals surface area contributed by atoms with Crippen molar-refractivity contribution in [2.75, 3.05) is 69.3 Å². The summed E-state index contributed by atoms with van der Waals surface area (Å²) < 4.78 is 55.3. The lowest BCUT2D eigenvalue weighted by molar-refractivity contribution is -0.909. The first-order valence-corrected chi connectivity index (χ1v) is 34.5.